The molecule has 2 aromatic rings. The number of nitrogens with zero attached hydrogens (tertiary/aromatic N) is 2. The molecule has 3 N–H and O–H groups in total. The minimum atomic E-state index is 0.133. The zero-order chi connectivity index (χ0) is 11.5. The van der Waals surface area contributed by atoms with Gasteiger partial charge in [-0.3, -0.25) is 0 Å². The lowest BCUT2D eigenvalue weighted by Gasteiger charge is -2.01. The van der Waals surface area contributed by atoms with Crippen molar-refractivity contribution in [3.8, 4) is 0 Å². The predicted octanol–water partition coefficient (Wildman–Crippen LogP) is 2.06. The SMILES string of the molecule is CC1(C)[C@@H](N)[C@@H]1c1c[nH]c2ncnc(Cl)c12. The van der Waals surface area contributed by atoms with E-state index in [2.05, 4.69) is 28.8 Å². The number of aromatic nitrogens is 3. The summed E-state index contributed by atoms with van der Waals surface area (Å²) >= 11 is 6.10. The van der Waals surface area contributed by atoms with E-state index in [0.717, 1.165) is 16.6 Å². The van der Waals surface area contributed by atoms with Crippen LogP contribution in [-0.2, 0) is 0 Å². The molecule has 0 saturated heterocycles. The largest absolute Gasteiger partial charge is 0.346 e. The van der Waals surface area contributed by atoms with E-state index in [0.29, 0.717) is 11.1 Å². The van der Waals surface area contributed by atoms with Gasteiger partial charge in [0.05, 0.1) is 5.39 Å². The van der Waals surface area contributed by atoms with Crippen LogP contribution in [0.15, 0.2) is 12.5 Å². The van der Waals surface area contributed by atoms with Crippen molar-refractivity contribution in [2.45, 2.75) is 25.8 Å². The molecule has 0 aromatic carbocycles. The minimum absolute atomic E-state index is 0.133. The third-order valence-electron chi connectivity index (χ3n) is 3.70. The third-order valence-corrected chi connectivity index (χ3v) is 3.99. The number of nitrogens with one attached hydrogen (secondary N) is 1. The van der Waals surface area contributed by atoms with Crippen LogP contribution < -0.4 is 5.73 Å². The van der Waals surface area contributed by atoms with Crippen LogP contribution in [0.1, 0.15) is 25.3 Å². The Kier molecular flexibility index (Phi) is 1.86. The van der Waals surface area contributed by atoms with Crippen molar-refractivity contribution in [2.75, 3.05) is 0 Å². The Morgan fingerprint density at radius 2 is 2.12 bits per heavy atom. The number of fused-ring (bicyclic) bond motifs is 1. The molecular weight excluding hydrogens is 224 g/mol. The van der Waals surface area contributed by atoms with Crippen LogP contribution in [0.25, 0.3) is 11.0 Å². The van der Waals surface area contributed by atoms with Gasteiger partial charge in [0, 0.05) is 18.2 Å². The fraction of sp³-hybridized carbons (Fsp3) is 0.455. The maximum absolute atomic E-state index is 6.10. The fourth-order valence-corrected chi connectivity index (χ4v) is 2.71. The lowest BCUT2D eigenvalue weighted by atomic mass is 10.0. The minimum Gasteiger partial charge on any atom is -0.346 e. The number of H-pyrrole nitrogens is 1. The monoisotopic (exact) mass is 236 g/mol. The van der Waals surface area contributed by atoms with Crippen LogP contribution in [0.3, 0.4) is 0 Å². The van der Waals surface area contributed by atoms with E-state index in [1.165, 1.54) is 6.33 Å². The highest BCUT2D eigenvalue weighted by Crippen LogP contribution is 2.58. The fourth-order valence-electron chi connectivity index (χ4n) is 2.46. The third kappa shape index (κ3) is 1.14. The van der Waals surface area contributed by atoms with Crippen molar-refractivity contribution in [1.29, 1.82) is 0 Å². The molecule has 5 heteroatoms. The number of rotatable bonds is 1. The summed E-state index contributed by atoms with van der Waals surface area (Å²) in [7, 11) is 0. The smallest absolute Gasteiger partial charge is 0.142 e. The van der Waals surface area contributed by atoms with Crippen LogP contribution in [0.2, 0.25) is 5.15 Å². The van der Waals surface area contributed by atoms with Crippen molar-refractivity contribution < 1.29 is 0 Å². The van der Waals surface area contributed by atoms with Gasteiger partial charge in [-0.1, -0.05) is 25.4 Å². The summed E-state index contributed by atoms with van der Waals surface area (Å²) in [6.45, 7) is 4.33. The lowest BCUT2D eigenvalue weighted by molar-refractivity contribution is 0.600. The molecule has 0 aliphatic heterocycles. The molecule has 1 aliphatic rings. The van der Waals surface area contributed by atoms with Gasteiger partial charge in [0.15, 0.2) is 0 Å². The number of hydrogen-bond acceptors (Lipinski definition) is 3. The van der Waals surface area contributed by atoms with E-state index < -0.39 is 0 Å². The van der Waals surface area contributed by atoms with E-state index in [1.54, 1.807) is 0 Å². The lowest BCUT2D eigenvalue weighted by Crippen LogP contribution is -2.06. The van der Waals surface area contributed by atoms with Gasteiger partial charge in [0.25, 0.3) is 0 Å². The van der Waals surface area contributed by atoms with Crippen molar-refractivity contribution in [1.82, 2.24) is 15.0 Å². The average Bonchev–Trinajstić information content (AvgIpc) is 2.63. The van der Waals surface area contributed by atoms with Crippen molar-refractivity contribution in [3.05, 3.63) is 23.2 Å². The first kappa shape index (κ1) is 10.1. The van der Waals surface area contributed by atoms with Gasteiger partial charge >= 0.3 is 0 Å². The maximum Gasteiger partial charge on any atom is 0.142 e. The molecule has 2 heterocycles. The molecule has 0 radical (unpaired) electrons. The second-order valence-electron chi connectivity index (χ2n) is 4.96. The number of nitrogens with two attached hydrogens (primary N) is 1. The molecule has 2 aromatic heterocycles. The van der Waals surface area contributed by atoms with E-state index in [-0.39, 0.29) is 11.5 Å². The second-order valence-corrected chi connectivity index (χ2v) is 5.31. The molecule has 1 aliphatic carbocycles. The quantitative estimate of drug-likeness (QED) is 0.745. The Morgan fingerprint density at radius 3 is 2.75 bits per heavy atom. The first-order valence-electron chi connectivity index (χ1n) is 5.26. The molecule has 84 valence electrons. The Hall–Kier alpha value is -1.13. The van der Waals surface area contributed by atoms with Gasteiger partial charge in [0.1, 0.15) is 17.1 Å². The van der Waals surface area contributed by atoms with Crippen molar-refractivity contribution >= 4 is 22.6 Å². The summed E-state index contributed by atoms with van der Waals surface area (Å²) in [5.74, 6) is 0.338. The Morgan fingerprint density at radius 1 is 1.44 bits per heavy atom. The standard InChI is InChI=1S/C11H13ClN4/c1-11(2)7(8(11)13)5-3-14-10-6(5)9(12)15-4-16-10/h3-4,7-8H,13H2,1-2H3,(H,14,15,16)/t7-,8-/m0/s1. The van der Waals surface area contributed by atoms with Crippen molar-refractivity contribution in [2.24, 2.45) is 11.1 Å². The average molecular weight is 237 g/mol. The van der Waals surface area contributed by atoms with Crippen LogP contribution in [0, 0.1) is 5.41 Å². The van der Waals surface area contributed by atoms with Crippen LogP contribution in [0.4, 0.5) is 0 Å². The van der Waals surface area contributed by atoms with Gasteiger partial charge in [0.2, 0.25) is 0 Å². The topological polar surface area (TPSA) is 67.6 Å². The second kappa shape index (κ2) is 2.96. The van der Waals surface area contributed by atoms with E-state index in [9.17, 15) is 0 Å². The molecule has 0 spiro atoms. The molecule has 1 saturated carbocycles. The predicted molar refractivity (Wildman–Crippen MR) is 63.4 cm³/mol. The first-order valence-corrected chi connectivity index (χ1v) is 5.64. The highest BCUT2D eigenvalue weighted by Gasteiger charge is 2.57. The summed E-state index contributed by atoms with van der Waals surface area (Å²) in [6.07, 6.45) is 3.41. The number of halogens is 1. The van der Waals surface area contributed by atoms with Crippen LogP contribution in [-0.4, -0.2) is 21.0 Å². The molecule has 16 heavy (non-hydrogen) atoms. The van der Waals surface area contributed by atoms with E-state index in [4.69, 9.17) is 17.3 Å². The first-order chi connectivity index (χ1) is 7.53. The summed E-state index contributed by atoms with van der Waals surface area (Å²) in [5, 5.41) is 1.41. The molecular formula is C11H13ClN4. The van der Waals surface area contributed by atoms with Gasteiger partial charge < -0.3 is 10.7 Å². The molecule has 2 atom stereocenters. The summed E-state index contributed by atoms with van der Waals surface area (Å²) in [6, 6.07) is 0.183. The molecule has 0 amide bonds. The molecule has 1 fully saturated rings. The van der Waals surface area contributed by atoms with Gasteiger partial charge in [-0.15, -0.1) is 0 Å². The molecule has 0 bridgehead atoms. The van der Waals surface area contributed by atoms with E-state index >= 15 is 0 Å². The molecule has 0 unspecified atom stereocenters. The zero-order valence-corrected chi connectivity index (χ0v) is 9.92. The number of hydrogen-bond donors (Lipinski definition) is 2. The normalized spacial score (nSPS) is 27.2. The summed E-state index contributed by atoms with van der Waals surface area (Å²) in [5.41, 5.74) is 8.13. The van der Waals surface area contributed by atoms with Gasteiger partial charge in [-0.05, 0) is 11.0 Å². The Bertz CT molecular complexity index is 560. The van der Waals surface area contributed by atoms with Crippen molar-refractivity contribution in [3.63, 3.8) is 0 Å². The van der Waals surface area contributed by atoms with Crippen LogP contribution in [0.5, 0.6) is 0 Å². The zero-order valence-electron chi connectivity index (χ0n) is 9.16. The molecule has 3 rings (SSSR count). The summed E-state index contributed by atoms with van der Waals surface area (Å²) < 4.78 is 0. The van der Waals surface area contributed by atoms with Crippen LogP contribution >= 0.6 is 11.6 Å². The van der Waals surface area contributed by atoms with Gasteiger partial charge in [-0.2, -0.15) is 0 Å². The van der Waals surface area contributed by atoms with Gasteiger partial charge in [-0.25, -0.2) is 9.97 Å². The van der Waals surface area contributed by atoms with E-state index in [1.807, 2.05) is 6.20 Å². The summed E-state index contributed by atoms with van der Waals surface area (Å²) in [4.78, 5) is 11.3. The highest BCUT2D eigenvalue weighted by molar-refractivity contribution is 6.34. The Balaban J connectivity index is 2.20. The Labute approximate surface area is 98.2 Å². The highest BCUT2D eigenvalue weighted by atomic mass is 35.5. The number of aromatic amines is 1. The maximum atomic E-state index is 6.10. The molecule has 4 nitrogen and oxygen atoms in total.